The summed E-state index contributed by atoms with van der Waals surface area (Å²) < 4.78 is 2.04. The van der Waals surface area contributed by atoms with E-state index in [1.165, 1.54) is 0 Å². The first-order chi connectivity index (χ1) is 8.63. The second-order valence-electron chi connectivity index (χ2n) is 5.51. The smallest absolute Gasteiger partial charge is 0.108 e. The highest BCUT2D eigenvalue weighted by Gasteiger charge is 2.32. The Bertz CT molecular complexity index is 367. The van der Waals surface area contributed by atoms with E-state index in [-0.39, 0.29) is 0 Å². The van der Waals surface area contributed by atoms with E-state index < -0.39 is 5.60 Å². The molecule has 0 spiro atoms. The van der Waals surface area contributed by atoms with Crippen LogP contribution in [0.3, 0.4) is 0 Å². The van der Waals surface area contributed by atoms with Gasteiger partial charge in [0.1, 0.15) is 5.82 Å². The maximum Gasteiger partial charge on any atom is 0.108 e. The summed E-state index contributed by atoms with van der Waals surface area (Å²) in [7, 11) is 2.01. The summed E-state index contributed by atoms with van der Waals surface area (Å²) in [6.45, 7) is 3.16. The fourth-order valence-corrected chi connectivity index (χ4v) is 2.88. The molecule has 2 N–H and O–H groups in total. The number of nitrogens with zero attached hydrogens (tertiary/aromatic N) is 2. The third kappa shape index (κ3) is 3.33. The van der Waals surface area contributed by atoms with Crippen LogP contribution in [0.15, 0.2) is 12.4 Å². The predicted molar refractivity (Wildman–Crippen MR) is 72.4 cm³/mol. The zero-order valence-corrected chi connectivity index (χ0v) is 11.5. The lowest BCUT2D eigenvalue weighted by Gasteiger charge is -2.36. The van der Waals surface area contributed by atoms with Crippen LogP contribution in [0.5, 0.6) is 0 Å². The van der Waals surface area contributed by atoms with Crippen LogP contribution in [0, 0.1) is 0 Å². The summed E-state index contributed by atoms with van der Waals surface area (Å²) in [6.07, 6.45) is 9.48. The lowest BCUT2D eigenvalue weighted by atomic mass is 9.79. The second-order valence-corrected chi connectivity index (χ2v) is 5.51. The third-order valence-electron chi connectivity index (χ3n) is 4.14. The molecule has 1 aliphatic carbocycles. The number of hydrogen-bond acceptors (Lipinski definition) is 3. The van der Waals surface area contributed by atoms with Gasteiger partial charge in [0.2, 0.25) is 0 Å². The Balaban J connectivity index is 1.81. The number of aryl methyl sites for hydroxylation is 2. The Morgan fingerprint density at radius 1 is 1.50 bits per heavy atom. The summed E-state index contributed by atoms with van der Waals surface area (Å²) in [4.78, 5) is 4.32. The van der Waals surface area contributed by atoms with Crippen LogP contribution in [-0.4, -0.2) is 32.8 Å². The number of aromatic nitrogens is 2. The number of hydrogen-bond donors (Lipinski definition) is 2. The average Bonchev–Trinajstić information content (AvgIpc) is 2.76. The topological polar surface area (TPSA) is 50.1 Å². The van der Waals surface area contributed by atoms with Crippen molar-refractivity contribution in [3.63, 3.8) is 0 Å². The lowest BCUT2D eigenvalue weighted by molar-refractivity contribution is -0.0110. The van der Waals surface area contributed by atoms with Gasteiger partial charge in [0.15, 0.2) is 0 Å². The molecule has 18 heavy (non-hydrogen) atoms. The largest absolute Gasteiger partial charge is 0.390 e. The standard InChI is InChI=1S/C14H25N3O/c1-3-15-12-4-7-14(18,8-5-12)9-6-13-16-10-11-17(13)2/h10-12,15,18H,3-9H2,1-2H3. The summed E-state index contributed by atoms with van der Waals surface area (Å²) in [6, 6.07) is 0.600. The van der Waals surface area contributed by atoms with E-state index in [0.717, 1.165) is 50.9 Å². The number of nitrogens with one attached hydrogen (secondary N) is 1. The Morgan fingerprint density at radius 2 is 2.22 bits per heavy atom. The van der Waals surface area contributed by atoms with E-state index in [1.807, 2.05) is 24.0 Å². The first-order valence-electron chi connectivity index (χ1n) is 7.05. The summed E-state index contributed by atoms with van der Waals surface area (Å²) in [5.41, 5.74) is -0.474. The molecule has 0 amide bonds. The van der Waals surface area contributed by atoms with E-state index in [2.05, 4.69) is 17.2 Å². The third-order valence-corrected chi connectivity index (χ3v) is 4.14. The molecule has 0 saturated heterocycles. The van der Waals surface area contributed by atoms with E-state index >= 15 is 0 Å². The molecule has 102 valence electrons. The van der Waals surface area contributed by atoms with E-state index in [4.69, 9.17) is 0 Å². The van der Waals surface area contributed by atoms with Crippen molar-refractivity contribution in [1.82, 2.24) is 14.9 Å². The molecule has 2 rings (SSSR count). The van der Waals surface area contributed by atoms with E-state index in [1.54, 1.807) is 0 Å². The Morgan fingerprint density at radius 3 is 2.78 bits per heavy atom. The van der Waals surface area contributed by atoms with Crippen LogP contribution in [-0.2, 0) is 13.5 Å². The zero-order chi connectivity index (χ0) is 13.0. The highest BCUT2D eigenvalue weighted by atomic mass is 16.3. The molecule has 4 heteroatoms. The van der Waals surface area contributed by atoms with Gasteiger partial charge in [-0.1, -0.05) is 6.92 Å². The van der Waals surface area contributed by atoms with Crippen LogP contribution in [0.25, 0.3) is 0 Å². The van der Waals surface area contributed by atoms with Gasteiger partial charge < -0.3 is 15.0 Å². The van der Waals surface area contributed by atoms with Gasteiger partial charge in [0, 0.05) is 31.9 Å². The molecule has 0 bridgehead atoms. The SMILES string of the molecule is CCNC1CCC(O)(CCc2nccn2C)CC1. The van der Waals surface area contributed by atoms with Crippen molar-refractivity contribution < 1.29 is 5.11 Å². The van der Waals surface area contributed by atoms with Gasteiger partial charge >= 0.3 is 0 Å². The molecular weight excluding hydrogens is 226 g/mol. The predicted octanol–water partition coefficient (Wildman–Crippen LogP) is 1.64. The second kappa shape index (κ2) is 5.85. The number of imidazole rings is 1. The minimum Gasteiger partial charge on any atom is -0.390 e. The van der Waals surface area contributed by atoms with Crippen LogP contribution in [0.2, 0.25) is 0 Å². The van der Waals surface area contributed by atoms with Crippen molar-refractivity contribution >= 4 is 0 Å². The molecule has 0 atom stereocenters. The molecule has 1 saturated carbocycles. The van der Waals surface area contributed by atoms with Gasteiger partial charge in [-0.2, -0.15) is 0 Å². The Kier molecular flexibility index (Phi) is 4.40. The molecule has 0 aliphatic heterocycles. The fourth-order valence-electron chi connectivity index (χ4n) is 2.88. The molecule has 0 unspecified atom stereocenters. The number of rotatable bonds is 5. The first kappa shape index (κ1) is 13.6. The van der Waals surface area contributed by atoms with Crippen LogP contribution in [0.1, 0.15) is 44.9 Å². The zero-order valence-electron chi connectivity index (χ0n) is 11.5. The fraction of sp³-hybridized carbons (Fsp3) is 0.786. The van der Waals surface area contributed by atoms with Gasteiger partial charge in [0.05, 0.1) is 5.60 Å². The minimum absolute atomic E-state index is 0.474. The van der Waals surface area contributed by atoms with Crippen molar-refractivity contribution in [2.75, 3.05) is 6.54 Å². The van der Waals surface area contributed by atoms with E-state index in [0.29, 0.717) is 6.04 Å². The minimum atomic E-state index is -0.474. The van der Waals surface area contributed by atoms with Crippen molar-refractivity contribution in [2.24, 2.45) is 7.05 Å². The molecule has 0 radical (unpaired) electrons. The molecule has 1 fully saturated rings. The average molecular weight is 251 g/mol. The molecule has 1 aromatic heterocycles. The van der Waals surface area contributed by atoms with Crippen molar-refractivity contribution in [3.8, 4) is 0 Å². The molecule has 1 aromatic rings. The molecule has 4 nitrogen and oxygen atoms in total. The summed E-state index contributed by atoms with van der Waals surface area (Å²) in [5.74, 6) is 1.07. The highest BCUT2D eigenvalue weighted by molar-refractivity contribution is 4.95. The van der Waals surface area contributed by atoms with Gasteiger partial charge in [-0.15, -0.1) is 0 Å². The Labute approximate surface area is 109 Å². The Hall–Kier alpha value is -0.870. The van der Waals surface area contributed by atoms with Gasteiger partial charge in [-0.05, 0) is 38.6 Å². The highest BCUT2D eigenvalue weighted by Crippen LogP contribution is 2.32. The normalized spacial score (nSPS) is 28.5. The summed E-state index contributed by atoms with van der Waals surface area (Å²) >= 11 is 0. The molecule has 1 aliphatic rings. The maximum atomic E-state index is 10.6. The van der Waals surface area contributed by atoms with E-state index in [9.17, 15) is 5.11 Å². The van der Waals surface area contributed by atoms with Crippen molar-refractivity contribution in [1.29, 1.82) is 0 Å². The lowest BCUT2D eigenvalue weighted by Crippen LogP contribution is -2.41. The first-order valence-corrected chi connectivity index (χ1v) is 7.05. The maximum absolute atomic E-state index is 10.6. The quantitative estimate of drug-likeness (QED) is 0.836. The molecular formula is C14H25N3O. The molecule has 0 aromatic carbocycles. The number of aliphatic hydroxyl groups is 1. The van der Waals surface area contributed by atoms with Gasteiger partial charge in [-0.25, -0.2) is 4.98 Å². The van der Waals surface area contributed by atoms with Crippen molar-refractivity contribution in [2.45, 2.75) is 57.1 Å². The van der Waals surface area contributed by atoms with Crippen molar-refractivity contribution in [3.05, 3.63) is 18.2 Å². The van der Waals surface area contributed by atoms with Crippen LogP contribution in [0.4, 0.5) is 0 Å². The van der Waals surface area contributed by atoms with Crippen LogP contribution < -0.4 is 5.32 Å². The molecule has 1 heterocycles. The summed E-state index contributed by atoms with van der Waals surface area (Å²) in [5, 5.41) is 14.1. The monoisotopic (exact) mass is 251 g/mol. The van der Waals surface area contributed by atoms with Crippen LogP contribution >= 0.6 is 0 Å². The van der Waals surface area contributed by atoms with Gasteiger partial charge in [0.25, 0.3) is 0 Å². The van der Waals surface area contributed by atoms with Gasteiger partial charge in [-0.3, -0.25) is 0 Å².